The molecule has 0 saturated carbocycles. The van der Waals surface area contributed by atoms with E-state index in [4.69, 9.17) is 0 Å². The Bertz CT molecular complexity index is 349. The molecule has 0 amide bonds. The lowest BCUT2D eigenvalue weighted by atomic mass is 10.2. The highest BCUT2D eigenvalue weighted by atomic mass is 32.2. The molecule has 0 aliphatic rings. The average molecular weight is 236 g/mol. The van der Waals surface area contributed by atoms with Gasteiger partial charge in [0.05, 0.1) is 0 Å². The standard InChI is InChI=1S/C10H8F4S/c1-2-7-5-3-4-6-8(7)15-10(13,14)9(11)12/h2-6,9H,1H2. The third-order valence-electron chi connectivity index (χ3n) is 1.64. The van der Waals surface area contributed by atoms with E-state index in [2.05, 4.69) is 6.58 Å². The van der Waals surface area contributed by atoms with Crippen LogP contribution in [-0.4, -0.2) is 11.7 Å². The molecular weight excluding hydrogens is 228 g/mol. The highest BCUT2D eigenvalue weighted by Crippen LogP contribution is 2.41. The summed E-state index contributed by atoms with van der Waals surface area (Å²) in [6.07, 6.45) is -2.33. The number of hydrogen-bond donors (Lipinski definition) is 0. The highest BCUT2D eigenvalue weighted by molar-refractivity contribution is 8.00. The second-order valence-electron chi connectivity index (χ2n) is 2.71. The van der Waals surface area contributed by atoms with Crippen molar-refractivity contribution in [3.05, 3.63) is 36.4 Å². The number of thioether (sulfide) groups is 1. The summed E-state index contributed by atoms with van der Waals surface area (Å²) in [7, 11) is 0. The maximum atomic E-state index is 12.7. The van der Waals surface area contributed by atoms with Crippen LogP contribution in [0.4, 0.5) is 17.6 Å². The van der Waals surface area contributed by atoms with Crippen LogP contribution in [0.1, 0.15) is 5.56 Å². The molecule has 1 aromatic rings. The summed E-state index contributed by atoms with van der Waals surface area (Å²) < 4.78 is 49.3. The van der Waals surface area contributed by atoms with Crippen LogP contribution < -0.4 is 0 Å². The van der Waals surface area contributed by atoms with E-state index < -0.39 is 11.7 Å². The van der Waals surface area contributed by atoms with Gasteiger partial charge in [0.15, 0.2) is 0 Å². The van der Waals surface area contributed by atoms with E-state index in [0.29, 0.717) is 5.56 Å². The summed E-state index contributed by atoms with van der Waals surface area (Å²) in [6.45, 7) is 3.42. The lowest BCUT2D eigenvalue weighted by molar-refractivity contribution is -0.0563. The molecule has 0 saturated heterocycles. The van der Waals surface area contributed by atoms with Gasteiger partial charge in [0, 0.05) is 4.90 Å². The van der Waals surface area contributed by atoms with Gasteiger partial charge < -0.3 is 0 Å². The molecule has 0 atom stereocenters. The fraction of sp³-hybridized carbons (Fsp3) is 0.200. The maximum absolute atomic E-state index is 12.7. The zero-order valence-corrected chi connectivity index (χ0v) is 8.41. The minimum Gasteiger partial charge on any atom is -0.202 e. The van der Waals surface area contributed by atoms with Crippen molar-refractivity contribution in [3.8, 4) is 0 Å². The van der Waals surface area contributed by atoms with Crippen molar-refractivity contribution in [3.63, 3.8) is 0 Å². The van der Waals surface area contributed by atoms with Crippen molar-refractivity contribution in [2.45, 2.75) is 16.6 Å². The molecule has 0 heterocycles. The maximum Gasteiger partial charge on any atom is 0.357 e. The summed E-state index contributed by atoms with van der Waals surface area (Å²) in [5.74, 6) is 0. The van der Waals surface area contributed by atoms with Crippen molar-refractivity contribution in [2.24, 2.45) is 0 Å². The predicted molar refractivity (Wildman–Crippen MR) is 53.3 cm³/mol. The third-order valence-corrected chi connectivity index (χ3v) is 2.68. The summed E-state index contributed by atoms with van der Waals surface area (Å²) in [5.41, 5.74) is 0.419. The Labute approximate surface area is 89.0 Å². The number of alkyl halides is 4. The van der Waals surface area contributed by atoms with Crippen molar-refractivity contribution in [2.75, 3.05) is 0 Å². The average Bonchev–Trinajstić information content (AvgIpc) is 2.18. The van der Waals surface area contributed by atoms with Crippen molar-refractivity contribution >= 4 is 17.8 Å². The molecule has 0 spiro atoms. The minimum absolute atomic E-state index is 0.0952. The lowest BCUT2D eigenvalue weighted by Crippen LogP contribution is -2.21. The topological polar surface area (TPSA) is 0 Å². The summed E-state index contributed by atoms with van der Waals surface area (Å²) in [4.78, 5) is 0.0952. The molecule has 0 aliphatic heterocycles. The van der Waals surface area contributed by atoms with Gasteiger partial charge in [-0.05, 0) is 23.4 Å². The molecule has 0 N–H and O–H groups in total. The zero-order valence-electron chi connectivity index (χ0n) is 7.59. The summed E-state index contributed by atoms with van der Waals surface area (Å²) in [5, 5.41) is -4.07. The SMILES string of the molecule is C=Cc1ccccc1SC(F)(F)C(F)F. The number of rotatable bonds is 4. The summed E-state index contributed by atoms with van der Waals surface area (Å²) >= 11 is -0.149. The Morgan fingerprint density at radius 1 is 1.27 bits per heavy atom. The molecule has 1 aromatic carbocycles. The fourth-order valence-electron chi connectivity index (χ4n) is 0.933. The van der Waals surface area contributed by atoms with Gasteiger partial charge in [-0.25, -0.2) is 8.78 Å². The molecule has 0 bridgehead atoms. The van der Waals surface area contributed by atoms with E-state index in [1.807, 2.05) is 0 Å². The lowest BCUT2D eigenvalue weighted by Gasteiger charge is -2.15. The van der Waals surface area contributed by atoms with Crippen LogP contribution in [0.25, 0.3) is 6.08 Å². The van der Waals surface area contributed by atoms with Crippen LogP contribution in [0.5, 0.6) is 0 Å². The molecule has 82 valence electrons. The monoisotopic (exact) mass is 236 g/mol. The van der Waals surface area contributed by atoms with Crippen molar-refractivity contribution in [1.29, 1.82) is 0 Å². The van der Waals surface area contributed by atoms with Crippen LogP contribution in [0.2, 0.25) is 0 Å². The molecule has 0 aliphatic carbocycles. The first-order valence-corrected chi connectivity index (χ1v) is 4.85. The van der Waals surface area contributed by atoms with Crippen molar-refractivity contribution in [1.82, 2.24) is 0 Å². The van der Waals surface area contributed by atoms with Gasteiger partial charge in [-0.15, -0.1) is 0 Å². The summed E-state index contributed by atoms with van der Waals surface area (Å²) in [6, 6.07) is 6.04. The third kappa shape index (κ3) is 2.99. The van der Waals surface area contributed by atoms with Gasteiger partial charge in [-0.3, -0.25) is 0 Å². The van der Waals surface area contributed by atoms with E-state index in [1.54, 1.807) is 6.07 Å². The Balaban J connectivity index is 2.94. The van der Waals surface area contributed by atoms with Crippen LogP contribution in [0.15, 0.2) is 35.7 Å². The largest absolute Gasteiger partial charge is 0.357 e. The Morgan fingerprint density at radius 2 is 1.87 bits per heavy atom. The van der Waals surface area contributed by atoms with E-state index in [1.165, 1.54) is 24.3 Å². The number of hydrogen-bond acceptors (Lipinski definition) is 1. The van der Waals surface area contributed by atoms with E-state index in [9.17, 15) is 17.6 Å². The van der Waals surface area contributed by atoms with Gasteiger partial charge in [0.25, 0.3) is 0 Å². The van der Waals surface area contributed by atoms with Crippen LogP contribution in [0.3, 0.4) is 0 Å². The Kier molecular flexibility index (Phi) is 3.79. The molecule has 0 fully saturated rings. The van der Waals surface area contributed by atoms with E-state index in [0.717, 1.165) is 0 Å². The predicted octanol–water partition coefficient (Wildman–Crippen LogP) is 4.28. The van der Waals surface area contributed by atoms with Crippen LogP contribution in [-0.2, 0) is 0 Å². The quantitative estimate of drug-likeness (QED) is 0.555. The first-order valence-electron chi connectivity index (χ1n) is 4.04. The number of benzene rings is 1. The van der Waals surface area contributed by atoms with Gasteiger partial charge in [0.2, 0.25) is 0 Å². The first-order chi connectivity index (χ1) is 6.97. The molecule has 5 heteroatoms. The zero-order chi connectivity index (χ0) is 11.5. The van der Waals surface area contributed by atoms with E-state index in [-0.39, 0.29) is 16.7 Å². The first kappa shape index (κ1) is 12.1. The smallest absolute Gasteiger partial charge is 0.202 e. The Hall–Kier alpha value is -0.970. The van der Waals surface area contributed by atoms with Gasteiger partial charge >= 0.3 is 11.7 Å². The molecule has 0 aromatic heterocycles. The molecule has 1 rings (SSSR count). The minimum atomic E-state index is -4.07. The van der Waals surface area contributed by atoms with Gasteiger partial charge in [-0.2, -0.15) is 8.78 Å². The fourth-order valence-corrected chi connectivity index (χ4v) is 1.73. The van der Waals surface area contributed by atoms with E-state index >= 15 is 0 Å². The molecule has 0 radical (unpaired) electrons. The van der Waals surface area contributed by atoms with Gasteiger partial charge in [0.1, 0.15) is 0 Å². The number of halogens is 4. The highest BCUT2D eigenvalue weighted by Gasteiger charge is 2.42. The molecule has 0 nitrogen and oxygen atoms in total. The van der Waals surface area contributed by atoms with Gasteiger partial charge in [-0.1, -0.05) is 30.9 Å². The van der Waals surface area contributed by atoms with Crippen molar-refractivity contribution < 1.29 is 17.6 Å². The molecule has 15 heavy (non-hydrogen) atoms. The van der Waals surface area contributed by atoms with Crippen LogP contribution in [0, 0.1) is 0 Å². The normalized spacial score (nSPS) is 11.8. The van der Waals surface area contributed by atoms with Crippen LogP contribution >= 0.6 is 11.8 Å². The molecular formula is C10H8F4S. The molecule has 0 unspecified atom stereocenters. The second kappa shape index (κ2) is 4.70. The Morgan fingerprint density at radius 3 is 2.40 bits per heavy atom. The second-order valence-corrected chi connectivity index (χ2v) is 3.89.